The average molecular weight is 313 g/mol. The molecule has 0 aromatic heterocycles. The minimum Gasteiger partial charge on any atom is -0.461 e. The van der Waals surface area contributed by atoms with Crippen molar-refractivity contribution in [3.05, 3.63) is 33.8 Å². The fourth-order valence-corrected chi connectivity index (χ4v) is 2.07. The Kier molecular flexibility index (Phi) is 4.76. The number of carbonyl (C=O) groups excluding carboxylic acids is 1. The van der Waals surface area contributed by atoms with Crippen LogP contribution >= 0.6 is 23.2 Å². The van der Waals surface area contributed by atoms with E-state index in [1.165, 1.54) is 19.1 Å². The van der Waals surface area contributed by atoms with Crippen LogP contribution in [0.2, 0.25) is 10.0 Å². The molecule has 0 spiro atoms. The molecule has 1 unspecified atom stereocenters. The summed E-state index contributed by atoms with van der Waals surface area (Å²) < 4.78 is 32.1. The van der Waals surface area contributed by atoms with E-state index in [1.807, 2.05) is 0 Å². The third-order valence-corrected chi connectivity index (χ3v) is 3.15. The van der Waals surface area contributed by atoms with Gasteiger partial charge < -0.3 is 9.84 Å². The van der Waals surface area contributed by atoms with E-state index in [0.717, 1.165) is 13.0 Å². The molecule has 0 fully saturated rings. The molecule has 3 nitrogen and oxygen atoms in total. The molecule has 0 aliphatic heterocycles. The van der Waals surface area contributed by atoms with Gasteiger partial charge in [0.15, 0.2) is 5.60 Å². The number of aliphatic hydroxyl groups is 1. The average Bonchev–Trinajstić information content (AvgIpc) is 2.28. The minimum absolute atomic E-state index is 0.165. The van der Waals surface area contributed by atoms with Gasteiger partial charge in [-0.05, 0) is 26.0 Å². The van der Waals surface area contributed by atoms with Crippen LogP contribution in [0, 0.1) is 0 Å². The van der Waals surface area contributed by atoms with Gasteiger partial charge in [-0.2, -0.15) is 8.78 Å². The van der Waals surface area contributed by atoms with E-state index in [2.05, 4.69) is 4.74 Å². The number of hydrogen-bond acceptors (Lipinski definition) is 3. The molecule has 0 radical (unpaired) electrons. The van der Waals surface area contributed by atoms with Crippen LogP contribution in [-0.4, -0.2) is 23.6 Å². The van der Waals surface area contributed by atoms with Crippen LogP contribution in [0.15, 0.2) is 18.2 Å². The van der Waals surface area contributed by atoms with Crippen LogP contribution in [0.4, 0.5) is 8.78 Å². The Morgan fingerprint density at radius 3 is 2.47 bits per heavy atom. The smallest absolute Gasteiger partial charge is 0.380 e. The van der Waals surface area contributed by atoms with Gasteiger partial charge >= 0.3 is 11.9 Å². The molecule has 1 aromatic rings. The second kappa shape index (κ2) is 5.61. The Labute approximate surface area is 119 Å². The summed E-state index contributed by atoms with van der Waals surface area (Å²) in [4.78, 5) is 11.3. The fourth-order valence-electron chi connectivity index (χ4n) is 1.47. The number of esters is 1. The molecule has 0 saturated carbocycles. The van der Waals surface area contributed by atoms with E-state index < -0.39 is 17.5 Å². The first kappa shape index (κ1) is 16.1. The summed E-state index contributed by atoms with van der Waals surface area (Å²) in [6, 6.07) is 3.63. The summed E-state index contributed by atoms with van der Waals surface area (Å²) in [5.41, 5.74) is -3.11. The highest BCUT2D eigenvalue weighted by Gasteiger charge is 2.58. The van der Waals surface area contributed by atoms with Crippen molar-refractivity contribution in [1.29, 1.82) is 0 Å². The normalized spacial score (nSPS) is 14.9. The lowest BCUT2D eigenvalue weighted by atomic mass is 9.89. The molecule has 0 aliphatic rings. The zero-order valence-corrected chi connectivity index (χ0v) is 11.7. The van der Waals surface area contributed by atoms with Crippen LogP contribution in [0.25, 0.3) is 0 Å². The maximum atomic E-state index is 13.9. The standard InChI is InChI=1S/C12H12Cl2F2O3/c1-3-19-10(17)12(15,16)11(2,18)8-5-4-7(13)6-9(8)14/h4-6,18H,3H2,1-2H3. The van der Waals surface area contributed by atoms with Crippen molar-refractivity contribution < 1.29 is 23.4 Å². The molecule has 106 valence electrons. The van der Waals surface area contributed by atoms with Gasteiger partial charge in [0.25, 0.3) is 0 Å². The highest BCUT2D eigenvalue weighted by atomic mass is 35.5. The van der Waals surface area contributed by atoms with Crippen LogP contribution < -0.4 is 0 Å². The van der Waals surface area contributed by atoms with Crippen molar-refractivity contribution in [3.8, 4) is 0 Å². The second-order valence-electron chi connectivity index (χ2n) is 3.99. The van der Waals surface area contributed by atoms with Crippen LogP contribution in [0.3, 0.4) is 0 Å². The Morgan fingerprint density at radius 1 is 1.42 bits per heavy atom. The molecule has 0 amide bonds. The van der Waals surface area contributed by atoms with Crippen LogP contribution in [-0.2, 0) is 15.1 Å². The number of halogens is 4. The Bertz CT molecular complexity index is 490. The second-order valence-corrected chi connectivity index (χ2v) is 4.83. The number of hydrogen-bond donors (Lipinski definition) is 1. The maximum absolute atomic E-state index is 13.9. The minimum atomic E-state index is -4.14. The molecule has 1 atom stereocenters. The van der Waals surface area contributed by atoms with E-state index in [9.17, 15) is 18.7 Å². The topological polar surface area (TPSA) is 46.5 Å². The largest absolute Gasteiger partial charge is 0.461 e. The maximum Gasteiger partial charge on any atom is 0.380 e. The van der Waals surface area contributed by atoms with Crippen molar-refractivity contribution in [2.45, 2.75) is 25.4 Å². The lowest BCUT2D eigenvalue weighted by Crippen LogP contribution is -2.49. The number of benzene rings is 1. The molecule has 0 aliphatic carbocycles. The summed E-state index contributed by atoms with van der Waals surface area (Å²) in [6.45, 7) is 1.95. The van der Waals surface area contributed by atoms with Crippen molar-refractivity contribution in [2.75, 3.05) is 6.61 Å². The van der Waals surface area contributed by atoms with E-state index in [4.69, 9.17) is 23.2 Å². The molecule has 19 heavy (non-hydrogen) atoms. The van der Waals surface area contributed by atoms with Crippen molar-refractivity contribution in [3.63, 3.8) is 0 Å². The molecule has 1 N–H and O–H groups in total. The van der Waals surface area contributed by atoms with Crippen LogP contribution in [0.5, 0.6) is 0 Å². The molecule has 0 heterocycles. The molecule has 1 aromatic carbocycles. The number of carbonyl (C=O) groups is 1. The van der Waals surface area contributed by atoms with Crippen molar-refractivity contribution >= 4 is 29.2 Å². The molecular formula is C12H12Cl2F2O3. The van der Waals surface area contributed by atoms with E-state index in [1.54, 1.807) is 0 Å². The first-order valence-corrected chi connectivity index (χ1v) is 6.13. The van der Waals surface area contributed by atoms with Gasteiger partial charge in [-0.3, -0.25) is 0 Å². The monoisotopic (exact) mass is 312 g/mol. The predicted molar refractivity (Wildman–Crippen MR) is 67.6 cm³/mol. The highest BCUT2D eigenvalue weighted by Crippen LogP contribution is 2.41. The molecule has 7 heteroatoms. The fraction of sp³-hybridized carbons (Fsp3) is 0.417. The molecular weight excluding hydrogens is 301 g/mol. The molecule has 0 bridgehead atoms. The summed E-state index contributed by atoms with van der Waals surface area (Å²) in [5.74, 6) is -5.95. The lowest BCUT2D eigenvalue weighted by molar-refractivity contribution is -0.212. The zero-order valence-electron chi connectivity index (χ0n) is 10.2. The Hall–Kier alpha value is -0.910. The zero-order chi connectivity index (χ0) is 14.8. The van der Waals surface area contributed by atoms with Gasteiger partial charge in [0.05, 0.1) is 6.61 Å². The van der Waals surface area contributed by atoms with Gasteiger partial charge in [0, 0.05) is 15.6 Å². The summed E-state index contributed by atoms with van der Waals surface area (Å²) >= 11 is 11.4. The Morgan fingerprint density at radius 2 is 2.00 bits per heavy atom. The van der Waals surface area contributed by atoms with E-state index >= 15 is 0 Å². The summed E-state index contributed by atoms with van der Waals surface area (Å²) in [6.07, 6.45) is 0. The Balaban J connectivity index is 3.25. The third-order valence-electron chi connectivity index (χ3n) is 2.60. The quantitative estimate of drug-likeness (QED) is 0.867. The van der Waals surface area contributed by atoms with Gasteiger partial charge in [0.1, 0.15) is 0 Å². The van der Waals surface area contributed by atoms with E-state index in [-0.39, 0.29) is 22.2 Å². The third kappa shape index (κ3) is 2.99. The number of ether oxygens (including phenoxy) is 1. The summed E-state index contributed by atoms with van der Waals surface area (Å²) in [5, 5.41) is 10.1. The molecule has 1 rings (SSSR count). The van der Waals surface area contributed by atoms with Crippen molar-refractivity contribution in [2.24, 2.45) is 0 Å². The van der Waals surface area contributed by atoms with Gasteiger partial charge in [-0.25, -0.2) is 4.79 Å². The number of rotatable bonds is 4. The van der Waals surface area contributed by atoms with Crippen LogP contribution in [0.1, 0.15) is 19.4 Å². The van der Waals surface area contributed by atoms with E-state index in [0.29, 0.717) is 0 Å². The molecule has 0 saturated heterocycles. The predicted octanol–water partition coefficient (Wildman–Crippen LogP) is 3.40. The van der Waals surface area contributed by atoms with Gasteiger partial charge in [-0.1, -0.05) is 29.3 Å². The first-order valence-electron chi connectivity index (χ1n) is 5.37. The summed E-state index contributed by atoms with van der Waals surface area (Å²) in [7, 11) is 0. The highest BCUT2D eigenvalue weighted by molar-refractivity contribution is 6.35. The SMILES string of the molecule is CCOC(=O)C(F)(F)C(C)(O)c1ccc(Cl)cc1Cl. The van der Waals surface area contributed by atoms with Crippen molar-refractivity contribution in [1.82, 2.24) is 0 Å². The van der Waals surface area contributed by atoms with Gasteiger partial charge in [-0.15, -0.1) is 0 Å². The van der Waals surface area contributed by atoms with Gasteiger partial charge in [0.2, 0.25) is 0 Å². The lowest BCUT2D eigenvalue weighted by Gasteiger charge is -2.31. The first-order chi connectivity index (χ1) is 8.64. The number of alkyl halides is 2.